The van der Waals surface area contributed by atoms with Gasteiger partial charge in [-0.2, -0.15) is 11.8 Å². The van der Waals surface area contributed by atoms with Gasteiger partial charge in [-0.25, -0.2) is 0 Å². The number of aliphatic hydroxyl groups is 1. The van der Waals surface area contributed by atoms with E-state index in [1.54, 1.807) is 0 Å². The van der Waals surface area contributed by atoms with Crippen molar-refractivity contribution in [2.45, 2.75) is 45.1 Å². The Morgan fingerprint density at radius 1 is 1.27 bits per heavy atom. The fraction of sp³-hybridized carbons (Fsp3) is 0.684. The summed E-state index contributed by atoms with van der Waals surface area (Å²) in [6.45, 7) is 4.82. The van der Waals surface area contributed by atoms with E-state index in [4.69, 9.17) is 0 Å². The molecular weight excluding hydrogens is 290 g/mol. The zero-order valence-electron chi connectivity index (χ0n) is 13.8. The van der Waals surface area contributed by atoms with Gasteiger partial charge in [-0.1, -0.05) is 24.3 Å². The standard InChI is InChI=1S/C19H29NOS/c1-16-5-2-3-6-17(16)13-19(15-21)9-4-10-20(14-19)18-7-11-22-12-8-18/h2-3,5-6,18,21H,4,7-15H2,1H3. The molecule has 3 rings (SSSR count). The molecule has 0 aromatic heterocycles. The number of benzene rings is 1. The van der Waals surface area contributed by atoms with Crippen molar-refractivity contribution in [3.63, 3.8) is 0 Å². The molecule has 2 saturated heterocycles. The number of aliphatic hydroxyl groups excluding tert-OH is 1. The van der Waals surface area contributed by atoms with Gasteiger partial charge in [0.2, 0.25) is 0 Å². The Labute approximate surface area is 139 Å². The number of hydrogen-bond donors (Lipinski definition) is 1. The van der Waals surface area contributed by atoms with E-state index in [0.717, 1.165) is 25.4 Å². The van der Waals surface area contributed by atoms with Crippen LogP contribution in [-0.2, 0) is 6.42 Å². The van der Waals surface area contributed by atoms with Crippen LogP contribution in [0.1, 0.15) is 36.8 Å². The summed E-state index contributed by atoms with van der Waals surface area (Å²) >= 11 is 2.10. The molecule has 122 valence electrons. The Balaban J connectivity index is 1.72. The van der Waals surface area contributed by atoms with Gasteiger partial charge in [-0.3, -0.25) is 4.90 Å². The topological polar surface area (TPSA) is 23.5 Å². The molecule has 1 aromatic carbocycles. The summed E-state index contributed by atoms with van der Waals surface area (Å²) in [6, 6.07) is 9.43. The highest BCUT2D eigenvalue weighted by atomic mass is 32.2. The van der Waals surface area contributed by atoms with Gasteiger partial charge in [0.05, 0.1) is 6.61 Å². The SMILES string of the molecule is Cc1ccccc1CC1(CO)CCCN(C2CCSCC2)C1. The Bertz CT molecular complexity index is 486. The maximum atomic E-state index is 10.2. The molecule has 22 heavy (non-hydrogen) atoms. The minimum absolute atomic E-state index is 0.0644. The third-order valence-corrected chi connectivity index (χ3v) is 6.61. The predicted molar refractivity (Wildman–Crippen MR) is 95.6 cm³/mol. The van der Waals surface area contributed by atoms with Crippen molar-refractivity contribution in [2.24, 2.45) is 5.41 Å². The number of rotatable bonds is 4. The summed E-state index contributed by atoms with van der Waals surface area (Å²) in [5.74, 6) is 2.62. The molecule has 0 radical (unpaired) electrons. The average Bonchev–Trinajstić information content (AvgIpc) is 2.58. The molecular formula is C19H29NOS. The van der Waals surface area contributed by atoms with Crippen molar-refractivity contribution in [2.75, 3.05) is 31.2 Å². The largest absolute Gasteiger partial charge is 0.396 e. The van der Waals surface area contributed by atoms with E-state index in [2.05, 4.69) is 47.9 Å². The van der Waals surface area contributed by atoms with Crippen molar-refractivity contribution in [3.8, 4) is 0 Å². The molecule has 2 heterocycles. The van der Waals surface area contributed by atoms with Crippen molar-refractivity contribution in [1.82, 2.24) is 4.90 Å². The van der Waals surface area contributed by atoms with Gasteiger partial charge < -0.3 is 5.11 Å². The summed E-state index contributed by atoms with van der Waals surface area (Å²) in [4.78, 5) is 2.69. The lowest BCUT2D eigenvalue weighted by atomic mass is 9.74. The summed E-state index contributed by atoms with van der Waals surface area (Å²) in [5.41, 5.74) is 2.84. The van der Waals surface area contributed by atoms with Crippen LogP contribution in [0.4, 0.5) is 0 Å². The Morgan fingerprint density at radius 2 is 2.05 bits per heavy atom. The zero-order valence-corrected chi connectivity index (χ0v) is 14.6. The molecule has 2 aliphatic heterocycles. The molecule has 1 atom stereocenters. The van der Waals surface area contributed by atoms with Crippen LogP contribution < -0.4 is 0 Å². The van der Waals surface area contributed by atoms with Gasteiger partial charge in [0, 0.05) is 18.0 Å². The molecule has 1 aromatic rings. The molecule has 0 spiro atoms. The maximum Gasteiger partial charge on any atom is 0.0502 e. The highest BCUT2D eigenvalue weighted by molar-refractivity contribution is 7.99. The van der Waals surface area contributed by atoms with Crippen molar-refractivity contribution in [1.29, 1.82) is 0 Å². The first-order valence-electron chi connectivity index (χ1n) is 8.70. The fourth-order valence-corrected chi connectivity index (χ4v) is 5.23. The van der Waals surface area contributed by atoms with Crippen LogP contribution in [0.2, 0.25) is 0 Å². The molecule has 0 bridgehead atoms. The predicted octanol–water partition coefficient (Wildman–Crippen LogP) is 3.51. The zero-order chi connectivity index (χ0) is 15.4. The van der Waals surface area contributed by atoms with Gasteiger partial charge >= 0.3 is 0 Å². The molecule has 2 nitrogen and oxygen atoms in total. The Morgan fingerprint density at radius 3 is 2.77 bits per heavy atom. The lowest BCUT2D eigenvalue weighted by Crippen LogP contribution is -2.51. The van der Waals surface area contributed by atoms with Crippen LogP contribution >= 0.6 is 11.8 Å². The first-order valence-corrected chi connectivity index (χ1v) is 9.85. The number of nitrogens with zero attached hydrogens (tertiary/aromatic N) is 1. The van der Waals surface area contributed by atoms with Gasteiger partial charge in [0.25, 0.3) is 0 Å². The molecule has 1 unspecified atom stereocenters. The molecule has 0 aliphatic carbocycles. The van der Waals surface area contributed by atoms with Gasteiger partial charge in [0.1, 0.15) is 0 Å². The number of piperidine rings is 1. The number of likely N-dealkylation sites (tertiary alicyclic amines) is 1. The maximum absolute atomic E-state index is 10.2. The van der Waals surface area contributed by atoms with Crippen molar-refractivity contribution in [3.05, 3.63) is 35.4 Å². The molecule has 1 N–H and O–H groups in total. The van der Waals surface area contributed by atoms with Gasteiger partial charge in [-0.05, 0) is 68.2 Å². The number of hydrogen-bond acceptors (Lipinski definition) is 3. The highest BCUT2D eigenvalue weighted by Crippen LogP contribution is 2.36. The molecule has 2 aliphatic rings. The van der Waals surface area contributed by atoms with Crippen LogP contribution in [0.15, 0.2) is 24.3 Å². The van der Waals surface area contributed by atoms with Gasteiger partial charge in [0.15, 0.2) is 0 Å². The smallest absolute Gasteiger partial charge is 0.0502 e. The monoisotopic (exact) mass is 319 g/mol. The second kappa shape index (κ2) is 7.37. The summed E-state index contributed by atoms with van der Waals surface area (Å²) in [6.07, 6.45) is 6.08. The normalized spacial score (nSPS) is 27.9. The second-order valence-electron chi connectivity index (χ2n) is 7.18. The van der Waals surface area contributed by atoms with Crippen molar-refractivity contribution >= 4 is 11.8 Å². The van der Waals surface area contributed by atoms with E-state index in [9.17, 15) is 5.11 Å². The van der Waals surface area contributed by atoms with E-state index < -0.39 is 0 Å². The molecule has 0 saturated carbocycles. The van der Waals surface area contributed by atoms with Crippen molar-refractivity contribution < 1.29 is 5.11 Å². The van der Waals surface area contributed by atoms with Crippen LogP contribution in [-0.4, -0.2) is 47.3 Å². The van der Waals surface area contributed by atoms with E-state index >= 15 is 0 Å². The summed E-state index contributed by atoms with van der Waals surface area (Å²) in [5, 5.41) is 10.2. The first kappa shape index (κ1) is 16.4. The summed E-state index contributed by atoms with van der Waals surface area (Å²) in [7, 11) is 0. The van der Waals surface area contributed by atoms with Crippen LogP contribution in [0.5, 0.6) is 0 Å². The molecule has 0 amide bonds. The van der Waals surface area contributed by atoms with Crippen LogP contribution in [0.25, 0.3) is 0 Å². The Kier molecular flexibility index (Phi) is 5.48. The quantitative estimate of drug-likeness (QED) is 0.919. The van der Waals surface area contributed by atoms with E-state index in [0.29, 0.717) is 6.61 Å². The van der Waals surface area contributed by atoms with E-state index in [1.165, 1.54) is 48.4 Å². The lowest BCUT2D eigenvalue weighted by molar-refractivity contribution is 0.0105. The third-order valence-electron chi connectivity index (χ3n) is 5.56. The summed E-state index contributed by atoms with van der Waals surface area (Å²) < 4.78 is 0. The number of thioether (sulfide) groups is 1. The first-order chi connectivity index (χ1) is 10.7. The van der Waals surface area contributed by atoms with E-state index in [1.807, 2.05) is 0 Å². The lowest BCUT2D eigenvalue weighted by Gasteiger charge is -2.46. The van der Waals surface area contributed by atoms with Crippen LogP contribution in [0.3, 0.4) is 0 Å². The molecule has 2 fully saturated rings. The Hall–Kier alpha value is -0.510. The van der Waals surface area contributed by atoms with Crippen LogP contribution in [0, 0.1) is 12.3 Å². The second-order valence-corrected chi connectivity index (χ2v) is 8.40. The fourth-order valence-electron chi connectivity index (χ4n) is 4.15. The van der Waals surface area contributed by atoms with Gasteiger partial charge in [-0.15, -0.1) is 0 Å². The minimum Gasteiger partial charge on any atom is -0.396 e. The molecule has 3 heteroatoms. The van der Waals surface area contributed by atoms with E-state index in [-0.39, 0.29) is 5.41 Å². The third kappa shape index (κ3) is 3.69. The number of aryl methyl sites for hydroxylation is 1. The average molecular weight is 320 g/mol. The highest BCUT2D eigenvalue weighted by Gasteiger charge is 2.37. The minimum atomic E-state index is 0.0644.